The highest BCUT2D eigenvalue weighted by Gasteiger charge is 2.19. The van der Waals surface area contributed by atoms with E-state index in [1.165, 1.54) is 23.3 Å². The van der Waals surface area contributed by atoms with Gasteiger partial charge in [0.15, 0.2) is 5.16 Å². The summed E-state index contributed by atoms with van der Waals surface area (Å²) in [5.74, 6) is 0.958. The molecule has 0 bridgehead atoms. The topological polar surface area (TPSA) is 57.1 Å². The van der Waals surface area contributed by atoms with Crippen molar-refractivity contribution in [3.63, 3.8) is 0 Å². The molecule has 5 nitrogen and oxygen atoms in total. The third-order valence-electron chi connectivity index (χ3n) is 4.18. The largest absolute Gasteiger partial charge is 0.472 e. The van der Waals surface area contributed by atoms with Gasteiger partial charge in [-0.1, -0.05) is 84.0 Å². The molecule has 0 saturated heterocycles. The van der Waals surface area contributed by atoms with E-state index in [1.54, 1.807) is 0 Å². The molecule has 0 unspecified atom stereocenters. The van der Waals surface area contributed by atoms with Crippen molar-refractivity contribution < 1.29 is 9.47 Å². The third kappa shape index (κ3) is 5.11. The molecule has 0 radical (unpaired) electrons. The molecule has 0 N–H and O–H groups in total. The van der Waals surface area contributed by atoms with Crippen molar-refractivity contribution in [2.75, 3.05) is 6.26 Å². The first kappa shape index (κ1) is 20.7. The van der Waals surface area contributed by atoms with Crippen LogP contribution in [0.3, 0.4) is 0 Å². The molecular formula is C22H18ClN3O2S2. The van der Waals surface area contributed by atoms with Crippen molar-refractivity contribution in [1.82, 2.24) is 14.3 Å². The Bertz CT molecular complexity index is 1110. The van der Waals surface area contributed by atoms with Crippen LogP contribution in [0.4, 0.5) is 0 Å². The van der Waals surface area contributed by atoms with Crippen LogP contribution in [0.2, 0.25) is 5.15 Å². The van der Waals surface area contributed by atoms with E-state index >= 15 is 0 Å². The Morgan fingerprint density at radius 3 is 2.17 bits per heavy atom. The predicted octanol–water partition coefficient (Wildman–Crippen LogP) is 6.13. The fourth-order valence-electron chi connectivity index (χ4n) is 2.70. The van der Waals surface area contributed by atoms with E-state index in [-0.39, 0.29) is 0 Å². The van der Waals surface area contributed by atoms with Gasteiger partial charge in [-0.05, 0) is 28.9 Å². The molecule has 0 aliphatic heterocycles. The summed E-state index contributed by atoms with van der Waals surface area (Å²) >= 11 is 9.19. The van der Waals surface area contributed by atoms with Crippen LogP contribution in [0.1, 0.15) is 11.1 Å². The molecule has 4 aromatic rings. The molecule has 0 spiro atoms. The van der Waals surface area contributed by atoms with E-state index in [2.05, 4.69) is 14.3 Å². The second-order valence-electron chi connectivity index (χ2n) is 6.26. The number of thioether (sulfide) groups is 1. The van der Waals surface area contributed by atoms with Crippen molar-refractivity contribution in [3.05, 3.63) is 83.0 Å². The lowest BCUT2D eigenvalue weighted by Gasteiger charge is -2.11. The van der Waals surface area contributed by atoms with Crippen molar-refractivity contribution in [1.29, 1.82) is 0 Å². The maximum absolute atomic E-state index is 6.51. The Morgan fingerprint density at radius 1 is 0.900 bits per heavy atom. The zero-order valence-corrected chi connectivity index (χ0v) is 18.5. The summed E-state index contributed by atoms with van der Waals surface area (Å²) in [4.78, 5) is 9.68. The van der Waals surface area contributed by atoms with E-state index in [9.17, 15) is 0 Å². The molecule has 0 fully saturated rings. The van der Waals surface area contributed by atoms with Gasteiger partial charge in [-0.3, -0.25) is 0 Å². The fraction of sp³-hybridized carbons (Fsp3) is 0.136. The van der Waals surface area contributed by atoms with Crippen molar-refractivity contribution in [2.24, 2.45) is 0 Å². The van der Waals surface area contributed by atoms with E-state index in [0.717, 1.165) is 16.0 Å². The second kappa shape index (κ2) is 9.93. The van der Waals surface area contributed by atoms with Gasteiger partial charge >= 0.3 is 0 Å². The molecule has 2 heterocycles. The number of hydrogen-bond donors (Lipinski definition) is 0. The molecule has 0 aliphatic carbocycles. The highest BCUT2D eigenvalue weighted by Crippen LogP contribution is 2.39. The van der Waals surface area contributed by atoms with Crippen LogP contribution >= 0.6 is 34.9 Å². The summed E-state index contributed by atoms with van der Waals surface area (Å²) < 4.78 is 16.2. The summed E-state index contributed by atoms with van der Waals surface area (Å²) in [5.41, 5.74) is 2.74. The monoisotopic (exact) mass is 455 g/mol. The highest BCUT2D eigenvalue weighted by atomic mass is 35.5. The summed E-state index contributed by atoms with van der Waals surface area (Å²) in [6, 6.07) is 21.7. The lowest BCUT2D eigenvalue weighted by molar-refractivity contribution is 0.292. The smallest absolute Gasteiger partial charge is 0.228 e. The molecule has 30 heavy (non-hydrogen) atoms. The number of benzene rings is 2. The minimum Gasteiger partial charge on any atom is -0.472 e. The normalized spacial score (nSPS) is 10.7. The van der Waals surface area contributed by atoms with Crippen molar-refractivity contribution in [3.8, 4) is 22.2 Å². The van der Waals surface area contributed by atoms with Crippen LogP contribution in [0.25, 0.3) is 10.4 Å². The minimum absolute atomic E-state index is 0.329. The first-order valence-corrected chi connectivity index (χ1v) is 11.5. The van der Waals surface area contributed by atoms with Gasteiger partial charge in [-0.2, -0.15) is 9.36 Å². The molecule has 0 atom stereocenters. The minimum atomic E-state index is 0.329. The summed E-state index contributed by atoms with van der Waals surface area (Å²) in [7, 11) is 0. The maximum Gasteiger partial charge on any atom is 0.228 e. The molecule has 2 aromatic carbocycles. The summed E-state index contributed by atoms with van der Waals surface area (Å²) in [6.07, 6.45) is 1.90. The lowest BCUT2D eigenvalue weighted by atomic mass is 10.2. The van der Waals surface area contributed by atoms with Gasteiger partial charge < -0.3 is 9.47 Å². The number of hydrogen-bond acceptors (Lipinski definition) is 7. The predicted molar refractivity (Wildman–Crippen MR) is 121 cm³/mol. The molecular weight excluding hydrogens is 438 g/mol. The molecule has 0 amide bonds. The first-order valence-electron chi connectivity index (χ1n) is 9.15. The van der Waals surface area contributed by atoms with Gasteiger partial charge in [0.2, 0.25) is 11.8 Å². The van der Waals surface area contributed by atoms with Crippen molar-refractivity contribution in [2.45, 2.75) is 18.4 Å². The molecule has 4 rings (SSSR count). The third-order valence-corrected chi connectivity index (χ3v) is 5.79. The Hall–Kier alpha value is -2.61. The quantitative estimate of drug-likeness (QED) is 0.181. The van der Waals surface area contributed by atoms with Crippen molar-refractivity contribution >= 4 is 34.9 Å². The van der Waals surface area contributed by atoms with Crippen LogP contribution < -0.4 is 9.47 Å². The Labute approximate surface area is 188 Å². The number of halogens is 1. The van der Waals surface area contributed by atoms with Gasteiger partial charge in [0.1, 0.15) is 18.4 Å². The molecule has 0 saturated carbocycles. The Kier molecular flexibility index (Phi) is 6.84. The van der Waals surface area contributed by atoms with Gasteiger partial charge in [-0.25, -0.2) is 4.98 Å². The number of rotatable bonds is 8. The molecule has 8 heteroatoms. The van der Waals surface area contributed by atoms with E-state index < -0.39 is 0 Å². The highest BCUT2D eigenvalue weighted by molar-refractivity contribution is 7.98. The van der Waals surface area contributed by atoms with Crippen LogP contribution in [-0.4, -0.2) is 20.6 Å². The van der Waals surface area contributed by atoms with Crippen LogP contribution in [0, 0.1) is 0 Å². The fourth-order valence-corrected chi connectivity index (χ4v) is 4.15. The number of ether oxygens (including phenoxy) is 2. The SMILES string of the molecule is CSc1nc(Cl)c(-c2cc(OCc3ccccc3)ns2)c(OCc2ccccc2)n1. The summed E-state index contributed by atoms with van der Waals surface area (Å²) in [5, 5.41) is 0.882. The van der Waals surface area contributed by atoms with E-state index in [1.807, 2.05) is 73.0 Å². The summed E-state index contributed by atoms with van der Waals surface area (Å²) in [6.45, 7) is 0.822. The van der Waals surface area contributed by atoms with Gasteiger partial charge in [-0.15, -0.1) is 0 Å². The second-order valence-corrected chi connectivity index (χ2v) is 8.20. The van der Waals surface area contributed by atoms with E-state index in [4.69, 9.17) is 21.1 Å². The van der Waals surface area contributed by atoms with Crippen LogP contribution in [0.5, 0.6) is 11.8 Å². The Morgan fingerprint density at radius 2 is 1.53 bits per heavy atom. The molecule has 2 aromatic heterocycles. The lowest BCUT2D eigenvalue weighted by Crippen LogP contribution is -2.01. The Balaban J connectivity index is 1.57. The molecule has 152 valence electrons. The standard InChI is InChI=1S/C22H18ClN3O2S2/c1-29-22-24-20(23)19(21(25-22)28-14-16-10-6-3-7-11-16)17-12-18(26-30-17)27-13-15-8-4-2-5-9-15/h2-12H,13-14H2,1H3. The first-order chi connectivity index (χ1) is 14.7. The van der Waals surface area contributed by atoms with Gasteiger partial charge in [0, 0.05) is 6.07 Å². The van der Waals surface area contributed by atoms with Crippen LogP contribution in [0.15, 0.2) is 71.9 Å². The average Bonchev–Trinajstić information content (AvgIpc) is 3.25. The average molecular weight is 456 g/mol. The zero-order valence-electron chi connectivity index (χ0n) is 16.1. The number of aromatic nitrogens is 3. The van der Waals surface area contributed by atoms with E-state index in [0.29, 0.717) is 40.8 Å². The number of nitrogens with zero attached hydrogens (tertiary/aromatic N) is 3. The van der Waals surface area contributed by atoms with Gasteiger partial charge in [0.05, 0.1) is 10.4 Å². The van der Waals surface area contributed by atoms with Crippen LogP contribution in [-0.2, 0) is 13.2 Å². The van der Waals surface area contributed by atoms with Gasteiger partial charge in [0.25, 0.3) is 0 Å². The maximum atomic E-state index is 6.51. The molecule has 0 aliphatic rings. The zero-order chi connectivity index (χ0) is 20.8.